The highest BCUT2D eigenvalue weighted by Gasteiger charge is 2.34. The molecular weight excluding hydrogens is 641 g/mol. The summed E-state index contributed by atoms with van der Waals surface area (Å²) >= 11 is 0. The zero-order valence-corrected chi connectivity index (χ0v) is 30.1. The van der Waals surface area contributed by atoms with Crippen LogP contribution in [0.3, 0.4) is 0 Å². The van der Waals surface area contributed by atoms with E-state index >= 15 is 0 Å². The molecule has 4 rings (SSSR count). The van der Waals surface area contributed by atoms with Gasteiger partial charge in [0, 0.05) is 50.6 Å². The average molecular weight is 693 g/mol. The van der Waals surface area contributed by atoms with Crippen molar-refractivity contribution in [1.29, 1.82) is 0 Å². The van der Waals surface area contributed by atoms with Gasteiger partial charge in [-0.15, -0.1) is 0 Å². The predicted molar refractivity (Wildman–Crippen MR) is 195 cm³/mol. The van der Waals surface area contributed by atoms with Gasteiger partial charge < -0.3 is 20.0 Å². The lowest BCUT2D eigenvalue weighted by atomic mass is 9.88. The highest BCUT2D eigenvalue weighted by atomic mass is 32.2. The number of hydrogen-bond acceptors (Lipinski definition) is 8. The zero-order chi connectivity index (χ0) is 35.4. The van der Waals surface area contributed by atoms with Crippen LogP contribution in [0.4, 0.5) is 11.4 Å². The van der Waals surface area contributed by atoms with Crippen molar-refractivity contribution in [2.45, 2.75) is 42.9 Å². The Bertz CT molecular complexity index is 1540. The van der Waals surface area contributed by atoms with Crippen LogP contribution in [-0.2, 0) is 14.8 Å². The molecule has 266 valence electrons. The average Bonchev–Trinajstić information content (AvgIpc) is 3.09. The molecule has 3 aromatic rings. The predicted octanol–water partition coefficient (Wildman–Crippen LogP) is 5.36. The molecule has 0 aliphatic carbocycles. The van der Waals surface area contributed by atoms with Gasteiger partial charge in [-0.3, -0.25) is 14.9 Å². The van der Waals surface area contributed by atoms with Crippen LogP contribution >= 0.6 is 0 Å². The van der Waals surface area contributed by atoms with Crippen LogP contribution in [0.5, 0.6) is 0 Å². The number of amides is 1. The van der Waals surface area contributed by atoms with E-state index in [1.54, 1.807) is 0 Å². The Labute approximate surface area is 292 Å². The van der Waals surface area contributed by atoms with Crippen LogP contribution in [0.2, 0.25) is 0 Å². The molecule has 0 atom stereocenters. The van der Waals surface area contributed by atoms with Crippen LogP contribution in [0, 0.1) is 16.0 Å². The fourth-order valence-electron chi connectivity index (χ4n) is 6.46. The van der Waals surface area contributed by atoms with E-state index < -0.39 is 14.9 Å². The third kappa shape index (κ3) is 10.8. The normalized spacial score (nSPS) is 14.4. The molecule has 0 unspecified atom stereocenters. The first kappa shape index (κ1) is 38.0. The molecule has 1 aliphatic rings. The second-order valence-electron chi connectivity index (χ2n) is 13.3. The van der Waals surface area contributed by atoms with Crippen LogP contribution in [-0.4, -0.2) is 112 Å². The first-order valence-electron chi connectivity index (χ1n) is 17.2. The summed E-state index contributed by atoms with van der Waals surface area (Å²) in [7, 11) is 4.07. The number of rotatable bonds is 18. The summed E-state index contributed by atoms with van der Waals surface area (Å²) in [5.74, 6) is -0.0735. The summed E-state index contributed by atoms with van der Waals surface area (Å²) in [6.45, 7) is 3.95. The molecule has 1 saturated heterocycles. The summed E-state index contributed by atoms with van der Waals surface area (Å²) in [5.41, 5.74) is 2.29. The third-order valence-electron chi connectivity index (χ3n) is 9.14. The molecule has 49 heavy (non-hydrogen) atoms. The molecule has 0 bridgehead atoms. The maximum absolute atomic E-state index is 13.7. The number of sulfonamides is 1. The molecule has 3 aromatic carbocycles. The maximum Gasteiger partial charge on any atom is 0.293 e. The number of nitrogens with zero attached hydrogens (tertiary/aromatic N) is 5. The van der Waals surface area contributed by atoms with Gasteiger partial charge in [-0.05, 0) is 96.6 Å². The van der Waals surface area contributed by atoms with Gasteiger partial charge in [0.25, 0.3) is 5.69 Å². The molecule has 0 aromatic heterocycles. The van der Waals surface area contributed by atoms with Crippen LogP contribution in [0.15, 0.2) is 83.8 Å². The SMILES string of the molecule is CN(C)CCCN(CCCN(C)C)C(=O)C1CCN(S(=O)(=O)c2ccc(NCCC(c3ccccc3)c3ccccc3)c([N+](=O)[O-])c2)CC1. The van der Waals surface area contributed by atoms with Gasteiger partial charge in [0.1, 0.15) is 5.69 Å². The first-order chi connectivity index (χ1) is 23.5. The number of hydrogen-bond donors (Lipinski definition) is 1. The van der Waals surface area contributed by atoms with Crippen molar-refractivity contribution in [3.8, 4) is 0 Å². The minimum Gasteiger partial charge on any atom is -0.379 e. The molecule has 1 fully saturated rings. The Morgan fingerprint density at radius 1 is 0.857 bits per heavy atom. The zero-order valence-electron chi connectivity index (χ0n) is 29.3. The summed E-state index contributed by atoms with van der Waals surface area (Å²) in [4.78, 5) is 31.2. The van der Waals surface area contributed by atoms with Crippen LogP contribution in [0.25, 0.3) is 0 Å². The summed E-state index contributed by atoms with van der Waals surface area (Å²) in [6.07, 6.45) is 3.27. The van der Waals surface area contributed by atoms with E-state index in [4.69, 9.17) is 0 Å². The molecule has 1 amide bonds. The van der Waals surface area contributed by atoms with E-state index in [-0.39, 0.29) is 47.1 Å². The van der Waals surface area contributed by atoms with Crippen molar-refractivity contribution in [2.75, 3.05) is 79.3 Å². The van der Waals surface area contributed by atoms with Crippen molar-refractivity contribution >= 4 is 27.3 Å². The number of nitro groups is 1. The van der Waals surface area contributed by atoms with E-state index in [0.29, 0.717) is 38.9 Å². The molecule has 1 heterocycles. The van der Waals surface area contributed by atoms with E-state index in [0.717, 1.165) is 43.1 Å². The minimum absolute atomic E-state index is 0.0855. The number of piperidine rings is 1. The molecular formula is C37H52N6O5S. The molecule has 11 nitrogen and oxygen atoms in total. The number of carbonyl (C=O) groups excluding carboxylic acids is 1. The summed E-state index contributed by atoms with van der Waals surface area (Å²) < 4.78 is 28.7. The van der Waals surface area contributed by atoms with Crippen molar-refractivity contribution in [3.05, 3.63) is 100 Å². The molecule has 12 heteroatoms. The van der Waals surface area contributed by atoms with Crippen molar-refractivity contribution in [2.24, 2.45) is 5.92 Å². The Morgan fingerprint density at radius 2 is 1.39 bits per heavy atom. The smallest absolute Gasteiger partial charge is 0.293 e. The topological polar surface area (TPSA) is 119 Å². The molecule has 0 saturated carbocycles. The first-order valence-corrected chi connectivity index (χ1v) is 18.6. The van der Waals surface area contributed by atoms with Gasteiger partial charge in [-0.2, -0.15) is 4.31 Å². The number of nitro benzene ring substituents is 1. The van der Waals surface area contributed by atoms with E-state index in [1.165, 1.54) is 16.4 Å². The Balaban J connectivity index is 1.40. The van der Waals surface area contributed by atoms with Crippen LogP contribution in [0.1, 0.15) is 49.1 Å². The Morgan fingerprint density at radius 3 is 1.88 bits per heavy atom. The fourth-order valence-corrected chi connectivity index (χ4v) is 7.95. The number of carbonyl (C=O) groups is 1. The van der Waals surface area contributed by atoms with Gasteiger partial charge in [-0.1, -0.05) is 60.7 Å². The van der Waals surface area contributed by atoms with Gasteiger partial charge in [0.2, 0.25) is 15.9 Å². The monoisotopic (exact) mass is 692 g/mol. The van der Waals surface area contributed by atoms with Gasteiger partial charge in [0.15, 0.2) is 0 Å². The lowest BCUT2D eigenvalue weighted by molar-refractivity contribution is -0.384. The number of nitrogens with one attached hydrogen (secondary N) is 1. The quantitative estimate of drug-likeness (QED) is 0.140. The van der Waals surface area contributed by atoms with E-state index in [1.807, 2.05) is 69.5 Å². The van der Waals surface area contributed by atoms with E-state index in [2.05, 4.69) is 39.4 Å². The minimum atomic E-state index is -3.99. The lowest BCUT2D eigenvalue weighted by Crippen LogP contribution is -2.45. The lowest BCUT2D eigenvalue weighted by Gasteiger charge is -2.34. The highest BCUT2D eigenvalue weighted by Crippen LogP contribution is 2.33. The molecule has 0 spiro atoms. The summed E-state index contributed by atoms with van der Waals surface area (Å²) in [5, 5.41) is 15.3. The Hall–Kier alpha value is -3.84. The van der Waals surface area contributed by atoms with Crippen molar-refractivity contribution in [3.63, 3.8) is 0 Å². The second kappa shape index (κ2) is 18.2. The van der Waals surface area contributed by atoms with Crippen molar-refractivity contribution < 1.29 is 18.1 Å². The molecule has 1 aliphatic heterocycles. The number of benzene rings is 3. The largest absolute Gasteiger partial charge is 0.379 e. The van der Waals surface area contributed by atoms with Gasteiger partial charge >= 0.3 is 0 Å². The Kier molecular flexibility index (Phi) is 14.1. The summed E-state index contributed by atoms with van der Waals surface area (Å²) in [6, 6.07) is 24.3. The van der Waals surface area contributed by atoms with Crippen molar-refractivity contribution in [1.82, 2.24) is 19.0 Å². The standard InChI is InChI=1S/C37H52N6O5S/c1-39(2)23-11-25-41(26-12-24-40(3)4)37(44)32-20-27-42(28-21-32)49(47,48)33-17-18-35(36(29-33)43(45)46)38-22-19-34(30-13-7-5-8-14-30)31-15-9-6-10-16-31/h5-10,13-18,29,32,34,38H,11-12,19-28H2,1-4H3. The fraction of sp³-hybridized carbons (Fsp3) is 0.486. The number of anilines is 1. The van der Waals surface area contributed by atoms with Gasteiger partial charge in [0.05, 0.1) is 9.82 Å². The maximum atomic E-state index is 13.7. The highest BCUT2D eigenvalue weighted by molar-refractivity contribution is 7.89. The van der Waals surface area contributed by atoms with Gasteiger partial charge in [-0.25, -0.2) is 8.42 Å². The molecule has 0 radical (unpaired) electrons. The molecule has 1 N–H and O–H groups in total. The second-order valence-corrected chi connectivity index (χ2v) is 15.3. The third-order valence-corrected chi connectivity index (χ3v) is 11.0. The van der Waals surface area contributed by atoms with E-state index in [9.17, 15) is 23.3 Å². The van der Waals surface area contributed by atoms with Crippen LogP contribution < -0.4 is 5.32 Å².